The van der Waals surface area contributed by atoms with Crippen LogP contribution < -0.4 is 0 Å². The number of aryl methyl sites for hydroxylation is 1. The molecule has 3 aromatic heterocycles. The van der Waals surface area contributed by atoms with Crippen LogP contribution in [0, 0.1) is 0 Å². The van der Waals surface area contributed by atoms with E-state index < -0.39 is 6.29 Å². The molecule has 0 saturated heterocycles. The summed E-state index contributed by atoms with van der Waals surface area (Å²) in [5.74, 6) is 1.62. The van der Waals surface area contributed by atoms with Crippen LogP contribution in [0.5, 0.6) is 0 Å². The summed E-state index contributed by atoms with van der Waals surface area (Å²) in [4.78, 5) is 10.3. The van der Waals surface area contributed by atoms with Gasteiger partial charge in [0.05, 0.1) is 13.2 Å². The van der Waals surface area contributed by atoms with Crippen LogP contribution in [0.1, 0.15) is 68.8 Å². The van der Waals surface area contributed by atoms with Gasteiger partial charge in [-0.25, -0.2) is 9.97 Å². The van der Waals surface area contributed by atoms with Gasteiger partial charge in [0.25, 0.3) is 0 Å². The molecule has 3 aromatic carbocycles. The van der Waals surface area contributed by atoms with E-state index in [2.05, 4.69) is 57.3 Å². The lowest BCUT2D eigenvalue weighted by Crippen LogP contribution is -2.12. The van der Waals surface area contributed by atoms with Crippen LogP contribution in [0.2, 0.25) is 0 Å². The van der Waals surface area contributed by atoms with E-state index in [1.165, 1.54) is 0 Å². The summed E-state index contributed by atoms with van der Waals surface area (Å²) in [6.45, 7) is 7.12. The summed E-state index contributed by atoms with van der Waals surface area (Å²) in [5, 5.41) is 22.6. The van der Waals surface area contributed by atoms with Gasteiger partial charge in [-0.2, -0.15) is 4.68 Å². The van der Waals surface area contributed by atoms with Crippen molar-refractivity contribution >= 4 is 11.2 Å². The van der Waals surface area contributed by atoms with Crippen molar-refractivity contribution in [1.82, 2.24) is 34.7 Å². The maximum absolute atomic E-state index is 10.1. The van der Waals surface area contributed by atoms with Crippen molar-refractivity contribution in [1.29, 1.82) is 0 Å². The maximum Gasteiger partial charge on any atom is 0.201 e. The quantitative estimate of drug-likeness (QED) is 0.114. The normalized spacial score (nSPS) is 12.3. The molecular weight excluding hydrogens is 618 g/mol. The SMILES string of the molecule is CCCCc1nc2cc(-c3ccccc3CO)c(C(OC)OC)nc2n1Cc1ccc(-c2ccccc2-c2nnnn2C(C)OCC)cc1. The number of methoxy groups -OCH3 is 2. The summed E-state index contributed by atoms with van der Waals surface area (Å²) >= 11 is 0. The standard InChI is InChI=1S/C38H43N7O4/c1-6-8-17-34-39-33-22-32(30-15-10-9-13-28(30)24-46)35(38(47-4)48-5)40-37(33)44(34)23-26-18-20-27(21-19-26)29-14-11-12-16-31(29)36-41-42-43-45(36)25(3)49-7-2/h9-16,18-22,25,38,46H,6-8,17,23-24H2,1-5H3. The summed E-state index contributed by atoms with van der Waals surface area (Å²) in [6.07, 6.45) is 1.88. The van der Waals surface area contributed by atoms with E-state index in [1.54, 1.807) is 18.9 Å². The Kier molecular flexibility index (Phi) is 10.8. The van der Waals surface area contributed by atoms with E-state index >= 15 is 0 Å². The van der Waals surface area contributed by atoms with E-state index in [4.69, 9.17) is 24.2 Å². The first-order valence-corrected chi connectivity index (χ1v) is 16.7. The third-order valence-electron chi connectivity index (χ3n) is 8.73. The molecule has 3 heterocycles. The fourth-order valence-electron chi connectivity index (χ4n) is 6.27. The number of fused-ring (bicyclic) bond motifs is 1. The Balaban J connectivity index is 1.40. The smallest absolute Gasteiger partial charge is 0.201 e. The highest BCUT2D eigenvalue weighted by Crippen LogP contribution is 2.35. The molecule has 0 radical (unpaired) electrons. The monoisotopic (exact) mass is 661 g/mol. The number of pyridine rings is 1. The van der Waals surface area contributed by atoms with Crippen LogP contribution in [0.4, 0.5) is 0 Å². The van der Waals surface area contributed by atoms with Crippen molar-refractivity contribution in [2.24, 2.45) is 0 Å². The molecule has 11 heteroatoms. The molecule has 0 aliphatic carbocycles. The first-order chi connectivity index (χ1) is 24.0. The van der Waals surface area contributed by atoms with Gasteiger partial charge in [0.1, 0.15) is 17.0 Å². The summed E-state index contributed by atoms with van der Waals surface area (Å²) in [7, 11) is 3.21. The van der Waals surface area contributed by atoms with Gasteiger partial charge in [0, 0.05) is 38.4 Å². The zero-order valence-electron chi connectivity index (χ0n) is 28.7. The second-order valence-corrected chi connectivity index (χ2v) is 11.8. The number of benzene rings is 3. The zero-order valence-corrected chi connectivity index (χ0v) is 28.7. The van der Waals surface area contributed by atoms with E-state index in [9.17, 15) is 5.11 Å². The minimum absolute atomic E-state index is 0.0988. The van der Waals surface area contributed by atoms with Crippen molar-refractivity contribution in [3.8, 4) is 33.6 Å². The molecule has 6 rings (SSSR count). The van der Waals surface area contributed by atoms with Crippen LogP contribution >= 0.6 is 0 Å². The van der Waals surface area contributed by atoms with Gasteiger partial charge >= 0.3 is 0 Å². The van der Waals surface area contributed by atoms with Crippen molar-refractivity contribution in [3.63, 3.8) is 0 Å². The van der Waals surface area contributed by atoms with Crippen LogP contribution in [-0.4, -0.2) is 60.7 Å². The molecule has 0 aliphatic heterocycles. The first kappa shape index (κ1) is 34.1. The topological polar surface area (TPSA) is 122 Å². The Morgan fingerprint density at radius 3 is 2.24 bits per heavy atom. The van der Waals surface area contributed by atoms with Gasteiger partial charge in [-0.1, -0.05) is 86.1 Å². The van der Waals surface area contributed by atoms with E-state index in [1.807, 2.05) is 62.4 Å². The Bertz CT molecular complexity index is 2000. The molecule has 0 fully saturated rings. The third kappa shape index (κ3) is 7.02. The molecule has 1 N–H and O–H groups in total. The lowest BCUT2D eigenvalue weighted by atomic mass is 9.98. The lowest BCUT2D eigenvalue weighted by molar-refractivity contribution is -0.108. The van der Waals surface area contributed by atoms with Gasteiger partial charge in [-0.3, -0.25) is 0 Å². The average Bonchev–Trinajstić information content (AvgIpc) is 3.76. The van der Waals surface area contributed by atoms with E-state index in [0.717, 1.165) is 75.2 Å². The van der Waals surface area contributed by atoms with Gasteiger partial charge in [0.2, 0.25) is 6.29 Å². The molecule has 0 bridgehead atoms. The number of unbranched alkanes of at least 4 members (excludes halogenated alkanes) is 1. The Hall–Kier alpha value is -4.81. The van der Waals surface area contributed by atoms with Crippen LogP contribution in [0.3, 0.4) is 0 Å². The largest absolute Gasteiger partial charge is 0.392 e. The minimum atomic E-state index is -0.703. The van der Waals surface area contributed by atoms with Crippen molar-refractivity contribution in [2.75, 3.05) is 20.8 Å². The number of ether oxygens (including phenoxy) is 3. The number of hydrogen-bond acceptors (Lipinski definition) is 9. The predicted octanol–water partition coefficient (Wildman–Crippen LogP) is 7.15. The molecule has 6 aromatic rings. The highest BCUT2D eigenvalue weighted by molar-refractivity contribution is 5.83. The molecule has 1 unspecified atom stereocenters. The third-order valence-corrected chi connectivity index (χ3v) is 8.73. The highest BCUT2D eigenvalue weighted by atomic mass is 16.7. The fourth-order valence-corrected chi connectivity index (χ4v) is 6.27. The molecular formula is C38H43N7O4. The van der Waals surface area contributed by atoms with Crippen LogP contribution in [0.15, 0.2) is 78.9 Å². The molecule has 11 nitrogen and oxygen atoms in total. The highest BCUT2D eigenvalue weighted by Gasteiger charge is 2.24. The molecule has 254 valence electrons. The van der Waals surface area contributed by atoms with Gasteiger partial charge < -0.3 is 23.9 Å². The van der Waals surface area contributed by atoms with Crippen LogP contribution in [-0.2, 0) is 33.8 Å². The first-order valence-electron chi connectivity index (χ1n) is 16.7. The number of nitrogens with zero attached hydrogens (tertiary/aromatic N) is 7. The Morgan fingerprint density at radius 2 is 1.55 bits per heavy atom. The van der Waals surface area contributed by atoms with Gasteiger partial charge in [0.15, 0.2) is 17.7 Å². The van der Waals surface area contributed by atoms with E-state index in [0.29, 0.717) is 24.7 Å². The molecule has 49 heavy (non-hydrogen) atoms. The zero-order chi connectivity index (χ0) is 34.3. The predicted molar refractivity (Wildman–Crippen MR) is 188 cm³/mol. The molecule has 0 spiro atoms. The molecule has 1 atom stereocenters. The van der Waals surface area contributed by atoms with E-state index in [-0.39, 0.29) is 12.8 Å². The number of aliphatic hydroxyl groups is 1. The Labute approximate surface area is 286 Å². The Morgan fingerprint density at radius 1 is 0.837 bits per heavy atom. The number of rotatable bonds is 15. The number of hydrogen-bond donors (Lipinski definition) is 1. The second kappa shape index (κ2) is 15.6. The molecule has 0 saturated carbocycles. The fraction of sp³-hybridized carbons (Fsp3) is 0.342. The number of tetrazole rings is 1. The molecule has 0 amide bonds. The summed E-state index contributed by atoms with van der Waals surface area (Å²) in [6, 6.07) is 26.5. The maximum atomic E-state index is 10.1. The minimum Gasteiger partial charge on any atom is -0.392 e. The number of aliphatic hydroxyl groups excluding tert-OH is 1. The van der Waals surface area contributed by atoms with Gasteiger partial charge in [-0.15, -0.1) is 5.10 Å². The van der Waals surface area contributed by atoms with Crippen LogP contribution in [0.25, 0.3) is 44.8 Å². The average molecular weight is 662 g/mol. The second-order valence-electron chi connectivity index (χ2n) is 11.8. The number of aromatic nitrogens is 7. The summed E-state index contributed by atoms with van der Waals surface area (Å²) in [5.41, 5.74) is 8.78. The summed E-state index contributed by atoms with van der Waals surface area (Å²) < 4.78 is 21.1. The van der Waals surface area contributed by atoms with Gasteiger partial charge in [-0.05, 0) is 64.6 Å². The van der Waals surface area contributed by atoms with Crippen molar-refractivity contribution in [3.05, 3.63) is 102 Å². The lowest BCUT2D eigenvalue weighted by Gasteiger charge is -2.19. The van der Waals surface area contributed by atoms with Crippen molar-refractivity contribution in [2.45, 2.75) is 65.7 Å². The molecule has 0 aliphatic rings. The number of imidazole rings is 1. The van der Waals surface area contributed by atoms with Crippen molar-refractivity contribution < 1.29 is 19.3 Å².